The predicted octanol–water partition coefficient (Wildman–Crippen LogP) is 1.09. The highest BCUT2D eigenvalue weighted by Crippen LogP contribution is 2.27. The molecule has 0 aliphatic heterocycles. The number of methoxy groups -OCH3 is 1. The molecule has 0 saturated carbocycles. The second-order valence-electron chi connectivity index (χ2n) is 4.17. The highest BCUT2D eigenvalue weighted by molar-refractivity contribution is 6.59. The van der Waals surface area contributed by atoms with Crippen LogP contribution in [0.15, 0.2) is 42.5 Å². The third kappa shape index (κ3) is 3.29. The van der Waals surface area contributed by atoms with Gasteiger partial charge in [0.1, 0.15) is 12.4 Å². The van der Waals surface area contributed by atoms with Crippen molar-refractivity contribution in [1.29, 1.82) is 0 Å². The fourth-order valence-electron chi connectivity index (χ4n) is 1.82. The van der Waals surface area contributed by atoms with Crippen LogP contribution >= 0.6 is 0 Å². The average molecular weight is 276 g/mol. The molecular weight excluding hydrogens is 262 g/mol. The van der Waals surface area contributed by atoms with Gasteiger partial charge in [-0.3, -0.25) is 0 Å². The Balaban J connectivity index is 2.29. The Morgan fingerprint density at radius 3 is 2.45 bits per heavy atom. The second kappa shape index (κ2) is 6.41. The smallest absolute Gasteiger partial charge is 0.492 e. The molecule has 6 heteroatoms. The Morgan fingerprint density at radius 2 is 1.85 bits per heavy atom. The molecule has 0 spiro atoms. The van der Waals surface area contributed by atoms with E-state index in [9.17, 15) is 14.4 Å². The van der Waals surface area contributed by atoms with E-state index in [2.05, 4.69) is 0 Å². The van der Waals surface area contributed by atoms with Crippen LogP contribution in [0.5, 0.6) is 11.5 Å². The molecule has 0 fully saturated rings. The monoisotopic (exact) mass is 276 g/mol. The Bertz CT molecular complexity index is 575. The third-order valence-corrected chi connectivity index (χ3v) is 2.77. The average Bonchev–Trinajstić information content (AvgIpc) is 2.46. The van der Waals surface area contributed by atoms with Crippen LogP contribution in [0.3, 0.4) is 0 Å². The zero-order chi connectivity index (χ0) is 14.5. The molecule has 0 bridgehead atoms. The van der Waals surface area contributed by atoms with Gasteiger partial charge in [-0.1, -0.05) is 30.3 Å². The number of hydrogen-bond acceptors (Lipinski definition) is 4. The first-order valence-corrected chi connectivity index (χ1v) is 6.02. The Kier molecular flexibility index (Phi) is 4.60. The number of hydrogen-bond donors (Lipinski definition) is 2. The maximum atomic E-state index is 13.4. The first kappa shape index (κ1) is 14.4. The number of halogens is 1. The van der Waals surface area contributed by atoms with Gasteiger partial charge >= 0.3 is 7.12 Å². The van der Waals surface area contributed by atoms with Gasteiger partial charge in [0, 0.05) is 11.5 Å². The van der Waals surface area contributed by atoms with Crippen LogP contribution in [0.25, 0.3) is 0 Å². The van der Waals surface area contributed by atoms with Crippen molar-refractivity contribution in [1.82, 2.24) is 0 Å². The topological polar surface area (TPSA) is 58.9 Å². The molecule has 0 heterocycles. The molecule has 0 saturated heterocycles. The molecule has 0 aliphatic rings. The number of benzene rings is 2. The van der Waals surface area contributed by atoms with E-state index in [-0.39, 0.29) is 23.6 Å². The zero-order valence-corrected chi connectivity index (χ0v) is 10.9. The van der Waals surface area contributed by atoms with Crippen LogP contribution in [0.1, 0.15) is 5.56 Å². The van der Waals surface area contributed by atoms with Crippen molar-refractivity contribution in [2.45, 2.75) is 6.61 Å². The molecule has 2 N–H and O–H groups in total. The Labute approximate surface area is 116 Å². The van der Waals surface area contributed by atoms with E-state index in [1.54, 1.807) is 0 Å². The number of rotatable bonds is 5. The molecule has 0 aromatic heterocycles. The lowest BCUT2D eigenvalue weighted by Crippen LogP contribution is -2.32. The molecular formula is C14H14BFO4. The summed E-state index contributed by atoms with van der Waals surface area (Å²) < 4.78 is 23.9. The van der Waals surface area contributed by atoms with Crippen LogP contribution < -0.4 is 14.9 Å². The van der Waals surface area contributed by atoms with Crippen LogP contribution in [-0.2, 0) is 6.61 Å². The second-order valence-corrected chi connectivity index (χ2v) is 4.17. The van der Waals surface area contributed by atoms with Crippen molar-refractivity contribution in [3.8, 4) is 11.5 Å². The minimum atomic E-state index is -1.84. The van der Waals surface area contributed by atoms with Gasteiger partial charge in [0.2, 0.25) is 0 Å². The predicted molar refractivity (Wildman–Crippen MR) is 73.6 cm³/mol. The molecule has 0 amide bonds. The van der Waals surface area contributed by atoms with Crippen molar-refractivity contribution in [2.75, 3.05) is 7.11 Å². The minimum absolute atomic E-state index is 0.0715. The van der Waals surface area contributed by atoms with Crippen LogP contribution in [0.2, 0.25) is 0 Å². The molecule has 0 unspecified atom stereocenters. The fourth-order valence-corrected chi connectivity index (χ4v) is 1.82. The lowest BCUT2D eigenvalue weighted by molar-refractivity contribution is 0.284. The summed E-state index contributed by atoms with van der Waals surface area (Å²) in [4.78, 5) is 0. The highest BCUT2D eigenvalue weighted by atomic mass is 19.1. The maximum Gasteiger partial charge on any atom is 0.492 e. The van der Waals surface area contributed by atoms with Crippen molar-refractivity contribution >= 4 is 12.6 Å². The normalized spacial score (nSPS) is 10.2. The summed E-state index contributed by atoms with van der Waals surface area (Å²) >= 11 is 0. The van der Waals surface area contributed by atoms with E-state index >= 15 is 0 Å². The third-order valence-electron chi connectivity index (χ3n) is 2.77. The van der Waals surface area contributed by atoms with Crippen LogP contribution in [-0.4, -0.2) is 24.3 Å². The van der Waals surface area contributed by atoms with Gasteiger partial charge in [0.25, 0.3) is 0 Å². The largest absolute Gasteiger partial charge is 0.493 e. The summed E-state index contributed by atoms with van der Waals surface area (Å²) in [6.45, 7) is 0.211. The van der Waals surface area contributed by atoms with Gasteiger partial charge in [0.05, 0.1) is 7.11 Å². The Morgan fingerprint density at radius 1 is 1.15 bits per heavy atom. The van der Waals surface area contributed by atoms with E-state index in [0.717, 1.165) is 17.7 Å². The van der Waals surface area contributed by atoms with Gasteiger partial charge in [-0.25, -0.2) is 4.39 Å². The van der Waals surface area contributed by atoms with Crippen LogP contribution in [0, 0.1) is 5.82 Å². The first-order chi connectivity index (χ1) is 9.61. The molecule has 0 aliphatic carbocycles. The van der Waals surface area contributed by atoms with Gasteiger partial charge in [0.15, 0.2) is 11.5 Å². The van der Waals surface area contributed by atoms with Gasteiger partial charge in [-0.05, 0) is 11.6 Å². The highest BCUT2D eigenvalue weighted by Gasteiger charge is 2.22. The lowest BCUT2D eigenvalue weighted by Gasteiger charge is -2.15. The fraction of sp³-hybridized carbons (Fsp3) is 0.143. The SMILES string of the molecule is COc1cc(F)cc(B(O)O)c1OCc1ccccc1. The van der Waals surface area contributed by atoms with Crippen LogP contribution in [0.4, 0.5) is 4.39 Å². The molecule has 2 aromatic rings. The molecule has 104 valence electrons. The molecule has 0 radical (unpaired) electrons. The van der Waals surface area contributed by atoms with E-state index in [4.69, 9.17) is 9.47 Å². The zero-order valence-electron chi connectivity index (χ0n) is 10.9. The molecule has 0 atom stereocenters. The molecule has 2 rings (SSSR count). The summed E-state index contributed by atoms with van der Waals surface area (Å²) in [7, 11) is -0.483. The lowest BCUT2D eigenvalue weighted by atomic mass is 9.79. The quantitative estimate of drug-likeness (QED) is 0.803. The van der Waals surface area contributed by atoms with E-state index < -0.39 is 12.9 Å². The van der Waals surface area contributed by atoms with E-state index in [0.29, 0.717) is 0 Å². The van der Waals surface area contributed by atoms with E-state index in [1.807, 2.05) is 30.3 Å². The maximum absolute atomic E-state index is 13.4. The van der Waals surface area contributed by atoms with E-state index in [1.165, 1.54) is 7.11 Å². The summed E-state index contributed by atoms with van der Waals surface area (Å²) in [6, 6.07) is 11.5. The summed E-state index contributed by atoms with van der Waals surface area (Å²) in [6.07, 6.45) is 0. The summed E-state index contributed by atoms with van der Waals surface area (Å²) in [5, 5.41) is 18.6. The van der Waals surface area contributed by atoms with Crippen molar-refractivity contribution in [3.63, 3.8) is 0 Å². The van der Waals surface area contributed by atoms with Crippen molar-refractivity contribution < 1.29 is 23.9 Å². The minimum Gasteiger partial charge on any atom is -0.493 e. The molecule has 20 heavy (non-hydrogen) atoms. The molecule has 4 nitrogen and oxygen atoms in total. The van der Waals surface area contributed by atoms with Gasteiger partial charge in [-0.15, -0.1) is 0 Å². The van der Waals surface area contributed by atoms with Crippen molar-refractivity contribution in [3.05, 3.63) is 53.8 Å². The van der Waals surface area contributed by atoms with Crippen molar-refractivity contribution in [2.24, 2.45) is 0 Å². The molecule has 2 aromatic carbocycles. The Hall–Kier alpha value is -2.05. The summed E-state index contributed by atoms with van der Waals surface area (Å²) in [5.41, 5.74) is 0.829. The van der Waals surface area contributed by atoms with Gasteiger partial charge < -0.3 is 19.5 Å². The van der Waals surface area contributed by atoms with Gasteiger partial charge in [-0.2, -0.15) is 0 Å². The number of ether oxygens (including phenoxy) is 2. The first-order valence-electron chi connectivity index (χ1n) is 6.02. The standard InChI is InChI=1S/C14H14BFO4/c1-19-13-8-11(16)7-12(15(17)18)14(13)20-9-10-5-3-2-4-6-10/h2-8,17-18H,9H2,1H3. The summed E-state index contributed by atoms with van der Waals surface area (Å²) in [5.74, 6) is -0.395.